The van der Waals surface area contributed by atoms with Crippen molar-refractivity contribution >= 4 is 15.9 Å². The van der Waals surface area contributed by atoms with Gasteiger partial charge in [0, 0.05) is 4.47 Å². The van der Waals surface area contributed by atoms with Gasteiger partial charge in [0.25, 0.3) is 0 Å². The van der Waals surface area contributed by atoms with E-state index in [4.69, 9.17) is 0 Å². The Morgan fingerprint density at radius 3 is 2.24 bits per heavy atom. The van der Waals surface area contributed by atoms with Crippen molar-refractivity contribution in [1.29, 1.82) is 0 Å². The van der Waals surface area contributed by atoms with Crippen molar-refractivity contribution in [2.75, 3.05) is 7.05 Å². The number of aryl methyl sites for hydroxylation is 1. The number of nitrogens with one attached hydrogen (secondary N) is 1. The van der Waals surface area contributed by atoms with Crippen LogP contribution < -0.4 is 5.32 Å². The third kappa shape index (κ3) is 2.76. The Morgan fingerprint density at radius 2 is 1.65 bits per heavy atom. The van der Waals surface area contributed by atoms with Crippen molar-refractivity contribution in [2.45, 2.75) is 13.0 Å². The minimum absolute atomic E-state index is 0.228. The molecule has 17 heavy (non-hydrogen) atoms. The maximum Gasteiger partial charge on any atom is 0.0585 e. The van der Waals surface area contributed by atoms with Crippen molar-refractivity contribution in [3.8, 4) is 0 Å². The SMILES string of the molecule is CNC(c1ccc(C)cc1)c1ccccc1Br. The van der Waals surface area contributed by atoms with Gasteiger partial charge in [0.15, 0.2) is 0 Å². The average Bonchev–Trinajstić information content (AvgIpc) is 2.35. The predicted octanol–water partition coefficient (Wildman–Crippen LogP) is 4.07. The summed E-state index contributed by atoms with van der Waals surface area (Å²) in [7, 11) is 1.99. The van der Waals surface area contributed by atoms with Crippen LogP contribution in [0.15, 0.2) is 53.0 Å². The molecule has 1 N–H and O–H groups in total. The average molecular weight is 290 g/mol. The van der Waals surface area contributed by atoms with Gasteiger partial charge in [-0.25, -0.2) is 0 Å². The summed E-state index contributed by atoms with van der Waals surface area (Å²) in [5.41, 5.74) is 3.83. The summed E-state index contributed by atoms with van der Waals surface area (Å²) in [6, 6.07) is 17.2. The highest BCUT2D eigenvalue weighted by molar-refractivity contribution is 9.10. The van der Waals surface area contributed by atoms with Gasteiger partial charge in [0.1, 0.15) is 0 Å². The summed E-state index contributed by atoms with van der Waals surface area (Å²) in [5.74, 6) is 0. The summed E-state index contributed by atoms with van der Waals surface area (Å²) in [6.07, 6.45) is 0. The fourth-order valence-electron chi connectivity index (χ4n) is 1.97. The molecule has 0 aromatic heterocycles. The summed E-state index contributed by atoms with van der Waals surface area (Å²) < 4.78 is 1.14. The molecule has 0 aliphatic heterocycles. The molecule has 0 bridgehead atoms. The molecule has 1 atom stereocenters. The summed E-state index contributed by atoms with van der Waals surface area (Å²) >= 11 is 3.61. The van der Waals surface area contributed by atoms with Gasteiger partial charge in [-0.1, -0.05) is 64.0 Å². The van der Waals surface area contributed by atoms with Crippen molar-refractivity contribution in [1.82, 2.24) is 5.32 Å². The standard InChI is InChI=1S/C15H16BrN/c1-11-7-9-12(10-8-11)15(17-2)13-5-3-4-6-14(13)16/h3-10,15,17H,1-2H3. The quantitative estimate of drug-likeness (QED) is 0.898. The molecule has 1 nitrogen and oxygen atoms in total. The van der Waals surface area contributed by atoms with E-state index in [1.165, 1.54) is 16.7 Å². The van der Waals surface area contributed by atoms with Gasteiger partial charge < -0.3 is 5.32 Å². The van der Waals surface area contributed by atoms with E-state index < -0.39 is 0 Å². The van der Waals surface area contributed by atoms with Crippen LogP contribution in [0.5, 0.6) is 0 Å². The van der Waals surface area contributed by atoms with Gasteiger partial charge in [0.05, 0.1) is 6.04 Å². The maximum atomic E-state index is 3.61. The van der Waals surface area contributed by atoms with E-state index in [-0.39, 0.29) is 6.04 Å². The first kappa shape index (κ1) is 12.3. The predicted molar refractivity (Wildman–Crippen MR) is 76.2 cm³/mol. The minimum Gasteiger partial charge on any atom is -0.309 e. The normalized spacial score (nSPS) is 12.4. The van der Waals surface area contributed by atoms with Crippen LogP contribution in [0.3, 0.4) is 0 Å². The molecule has 0 heterocycles. The topological polar surface area (TPSA) is 12.0 Å². The number of rotatable bonds is 3. The Balaban J connectivity index is 2.40. The van der Waals surface area contributed by atoms with Crippen molar-refractivity contribution in [3.63, 3.8) is 0 Å². The fraction of sp³-hybridized carbons (Fsp3) is 0.200. The van der Waals surface area contributed by atoms with Crippen LogP contribution in [0.4, 0.5) is 0 Å². The van der Waals surface area contributed by atoms with Crippen LogP contribution in [0, 0.1) is 6.92 Å². The smallest absolute Gasteiger partial charge is 0.0585 e. The zero-order valence-corrected chi connectivity index (χ0v) is 11.7. The van der Waals surface area contributed by atoms with Crippen LogP contribution in [-0.4, -0.2) is 7.05 Å². The van der Waals surface area contributed by atoms with Crippen molar-refractivity contribution in [2.24, 2.45) is 0 Å². The lowest BCUT2D eigenvalue weighted by molar-refractivity contribution is 0.689. The van der Waals surface area contributed by atoms with Gasteiger partial charge in [-0.05, 0) is 31.2 Å². The number of benzene rings is 2. The monoisotopic (exact) mass is 289 g/mol. The Bertz CT molecular complexity index is 491. The molecular formula is C15H16BrN. The lowest BCUT2D eigenvalue weighted by Crippen LogP contribution is -2.18. The summed E-state index contributed by atoms with van der Waals surface area (Å²) in [5, 5.41) is 3.36. The Hall–Kier alpha value is -1.12. The summed E-state index contributed by atoms with van der Waals surface area (Å²) in [4.78, 5) is 0. The molecule has 0 fully saturated rings. The van der Waals surface area contributed by atoms with Crippen molar-refractivity contribution < 1.29 is 0 Å². The summed E-state index contributed by atoms with van der Waals surface area (Å²) in [6.45, 7) is 2.11. The molecule has 1 unspecified atom stereocenters. The molecule has 0 radical (unpaired) electrons. The number of halogens is 1. The molecular weight excluding hydrogens is 274 g/mol. The Morgan fingerprint density at radius 1 is 1.00 bits per heavy atom. The molecule has 0 spiro atoms. The van der Waals surface area contributed by atoms with Gasteiger partial charge in [-0.15, -0.1) is 0 Å². The highest BCUT2D eigenvalue weighted by Gasteiger charge is 2.13. The second-order valence-electron chi connectivity index (χ2n) is 4.15. The lowest BCUT2D eigenvalue weighted by atomic mass is 9.98. The third-order valence-corrected chi connectivity index (χ3v) is 3.64. The van der Waals surface area contributed by atoms with E-state index in [1.807, 2.05) is 13.1 Å². The zero-order chi connectivity index (χ0) is 12.3. The molecule has 2 aromatic carbocycles. The van der Waals surface area contributed by atoms with Gasteiger partial charge in [-0.2, -0.15) is 0 Å². The van der Waals surface area contributed by atoms with Crippen molar-refractivity contribution in [3.05, 3.63) is 69.7 Å². The second-order valence-corrected chi connectivity index (χ2v) is 5.01. The van der Waals surface area contributed by atoms with Crippen LogP contribution in [0.25, 0.3) is 0 Å². The van der Waals surface area contributed by atoms with E-state index in [0.29, 0.717) is 0 Å². The molecule has 2 heteroatoms. The highest BCUT2D eigenvalue weighted by atomic mass is 79.9. The first-order valence-electron chi connectivity index (χ1n) is 5.70. The van der Waals surface area contributed by atoms with Crippen LogP contribution in [0.2, 0.25) is 0 Å². The fourth-order valence-corrected chi connectivity index (χ4v) is 2.48. The van der Waals surface area contributed by atoms with E-state index in [2.05, 4.69) is 70.6 Å². The highest BCUT2D eigenvalue weighted by Crippen LogP contribution is 2.28. The second kappa shape index (κ2) is 5.48. The molecule has 2 rings (SSSR count). The lowest BCUT2D eigenvalue weighted by Gasteiger charge is -2.18. The zero-order valence-electron chi connectivity index (χ0n) is 10.1. The van der Waals surface area contributed by atoms with Crippen LogP contribution in [-0.2, 0) is 0 Å². The molecule has 0 saturated carbocycles. The Labute approximate surface area is 111 Å². The van der Waals surface area contributed by atoms with E-state index in [1.54, 1.807) is 0 Å². The maximum absolute atomic E-state index is 3.61. The largest absolute Gasteiger partial charge is 0.309 e. The number of hydrogen-bond donors (Lipinski definition) is 1. The van der Waals surface area contributed by atoms with E-state index in [9.17, 15) is 0 Å². The molecule has 2 aromatic rings. The van der Waals surface area contributed by atoms with Gasteiger partial charge in [0.2, 0.25) is 0 Å². The minimum atomic E-state index is 0.228. The van der Waals surface area contributed by atoms with Gasteiger partial charge in [-0.3, -0.25) is 0 Å². The molecule has 88 valence electrons. The molecule has 0 aliphatic carbocycles. The van der Waals surface area contributed by atoms with E-state index in [0.717, 1.165) is 4.47 Å². The Kier molecular flexibility index (Phi) is 3.97. The van der Waals surface area contributed by atoms with Crippen LogP contribution >= 0.6 is 15.9 Å². The van der Waals surface area contributed by atoms with Crippen LogP contribution in [0.1, 0.15) is 22.7 Å². The number of hydrogen-bond acceptors (Lipinski definition) is 1. The first-order chi connectivity index (χ1) is 8.22. The van der Waals surface area contributed by atoms with E-state index >= 15 is 0 Å². The first-order valence-corrected chi connectivity index (χ1v) is 6.50. The molecule has 0 saturated heterocycles. The third-order valence-electron chi connectivity index (χ3n) is 2.92. The molecule has 0 amide bonds. The van der Waals surface area contributed by atoms with Gasteiger partial charge >= 0.3 is 0 Å². The molecule has 0 aliphatic rings.